The number of rotatable bonds is 8. The molecule has 0 N–H and O–H groups in total. The van der Waals surface area contributed by atoms with Crippen molar-refractivity contribution < 1.29 is 8.42 Å². The Hall–Kier alpha value is 0.430. The van der Waals surface area contributed by atoms with Gasteiger partial charge in [0.25, 0.3) is 0 Å². The van der Waals surface area contributed by atoms with Gasteiger partial charge < -0.3 is 0 Å². The third-order valence-corrected chi connectivity index (χ3v) is 6.00. The van der Waals surface area contributed by atoms with Crippen molar-refractivity contribution in [1.82, 2.24) is 0 Å². The number of hydrogen-bond donors (Lipinski definition) is 0. The molecule has 1 saturated carbocycles. The molecular weight excluding hydrogens is 276 g/mol. The first kappa shape index (κ1) is 13.5. The summed E-state index contributed by atoms with van der Waals surface area (Å²) in [4.78, 5) is 0.681. The Bertz CT molecular complexity index is 270. The first-order chi connectivity index (χ1) is 7.05. The van der Waals surface area contributed by atoms with E-state index in [-0.39, 0.29) is 5.75 Å². The quantitative estimate of drug-likeness (QED) is 0.509. The first-order valence-electron chi connectivity index (χ1n) is 5.89. The van der Waals surface area contributed by atoms with Crippen LogP contribution in [0.5, 0.6) is 0 Å². The molecule has 4 heteroatoms. The second kappa shape index (κ2) is 6.24. The lowest BCUT2D eigenvalue weighted by Gasteiger charge is -2.07. The fourth-order valence-electron chi connectivity index (χ4n) is 1.68. The van der Waals surface area contributed by atoms with Gasteiger partial charge in [0.15, 0.2) is 0 Å². The monoisotopic (exact) mass is 296 g/mol. The Labute approximate surface area is 102 Å². The van der Waals surface area contributed by atoms with Crippen LogP contribution in [0, 0.1) is 5.92 Å². The van der Waals surface area contributed by atoms with E-state index in [2.05, 4.69) is 15.9 Å². The maximum absolute atomic E-state index is 11.2. The summed E-state index contributed by atoms with van der Waals surface area (Å²) in [7, 11) is -2.74. The zero-order valence-corrected chi connectivity index (χ0v) is 11.8. The molecule has 1 unspecified atom stereocenters. The van der Waals surface area contributed by atoms with Gasteiger partial charge in [-0.25, -0.2) is 8.42 Å². The zero-order chi connectivity index (χ0) is 11.3. The van der Waals surface area contributed by atoms with Crippen molar-refractivity contribution in [3.63, 3.8) is 0 Å². The molecule has 1 aliphatic rings. The fourth-order valence-corrected chi connectivity index (χ4v) is 3.46. The topological polar surface area (TPSA) is 34.1 Å². The second-order valence-corrected chi connectivity index (χ2v) is 8.09. The van der Waals surface area contributed by atoms with Crippen LogP contribution < -0.4 is 0 Å². The van der Waals surface area contributed by atoms with Gasteiger partial charge >= 0.3 is 0 Å². The highest BCUT2D eigenvalue weighted by Gasteiger charge is 2.28. The third kappa shape index (κ3) is 5.91. The van der Waals surface area contributed by atoms with Crippen LogP contribution in [-0.4, -0.2) is 24.8 Å². The lowest BCUT2D eigenvalue weighted by Crippen LogP contribution is -2.08. The highest BCUT2D eigenvalue weighted by atomic mass is 79.9. The van der Waals surface area contributed by atoms with Crippen molar-refractivity contribution in [2.24, 2.45) is 5.92 Å². The van der Waals surface area contributed by atoms with Crippen LogP contribution in [0.2, 0.25) is 0 Å². The maximum atomic E-state index is 11.2. The van der Waals surface area contributed by atoms with E-state index in [1.807, 2.05) is 0 Å². The van der Waals surface area contributed by atoms with Crippen molar-refractivity contribution in [3.05, 3.63) is 0 Å². The Morgan fingerprint density at radius 1 is 1.27 bits per heavy atom. The minimum atomic E-state index is -2.74. The van der Waals surface area contributed by atoms with Gasteiger partial charge in [0.05, 0.1) is 5.75 Å². The van der Waals surface area contributed by atoms with E-state index in [1.54, 1.807) is 6.92 Å². The fraction of sp³-hybridized carbons (Fsp3) is 1.00. The standard InChI is InChI=1S/C11H21BrO2S/c1-2-15(13,14)9-5-3-4-6-11(12)10-7-8-10/h10-11H,2-9H2,1H3. The van der Waals surface area contributed by atoms with Crippen LogP contribution in [0.3, 0.4) is 0 Å². The van der Waals surface area contributed by atoms with Crippen LogP contribution in [0.15, 0.2) is 0 Å². The molecule has 15 heavy (non-hydrogen) atoms. The van der Waals surface area contributed by atoms with Crippen molar-refractivity contribution in [3.8, 4) is 0 Å². The van der Waals surface area contributed by atoms with Gasteiger partial charge in [-0.15, -0.1) is 0 Å². The number of alkyl halides is 1. The van der Waals surface area contributed by atoms with Crippen LogP contribution in [0.25, 0.3) is 0 Å². The molecule has 1 rings (SSSR count). The third-order valence-electron chi connectivity index (χ3n) is 3.01. The van der Waals surface area contributed by atoms with Crippen LogP contribution in [0.4, 0.5) is 0 Å². The van der Waals surface area contributed by atoms with E-state index >= 15 is 0 Å². The molecular formula is C11H21BrO2S. The van der Waals surface area contributed by atoms with Crippen LogP contribution in [-0.2, 0) is 9.84 Å². The average Bonchev–Trinajstić information content (AvgIpc) is 3.00. The van der Waals surface area contributed by atoms with E-state index in [0.717, 1.165) is 25.2 Å². The minimum Gasteiger partial charge on any atom is -0.229 e. The van der Waals surface area contributed by atoms with Gasteiger partial charge in [-0.2, -0.15) is 0 Å². The summed E-state index contributed by atoms with van der Waals surface area (Å²) in [5, 5.41) is 0. The predicted octanol–water partition coefficient (Wildman–Crippen LogP) is 3.16. The van der Waals surface area contributed by atoms with E-state index in [4.69, 9.17) is 0 Å². The second-order valence-electron chi connectivity index (χ2n) is 4.44. The number of sulfone groups is 1. The summed E-state index contributed by atoms with van der Waals surface area (Å²) >= 11 is 3.69. The Morgan fingerprint density at radius 2 is 1.93 bits per heavy atom. The molecule has 0 bridgehead atoms. The van der Waals surface area contributed by atoms with Gasteiger partial charge in [0.2, 0.25) is 0 Å². The van der Waals surface area contributed by atoms with Gasteiger partial charge in [-0.05, 0) is 31.6 Å². The van der Waals surface area contributed by atoms with Crippen LogP contribution >= 0.6 is 15.9 Å². The number of halogens is 1. The van der Waals surface area contributed by atoms with Crippen molar-refractivity contribution in [2.45, 2.75) is 50.3 Å². The SMILES string of the molecule is CCS(=O)(=O)CCCCCC(Br)C1CC1. The van der Waals surface area contributed by atoms with Crippen molar-refractivity contribution in [1.29, 1.82) is 0 Å². The molecule has 90 valence electrons. The van der Waals surface area contributed by atoms with Gasteiger partial charge in [-0.3, -0.25) is 0 Å². The first-order valence-corrected chi connectivity index (χ1v) is 8.63. The molecule has 0 aliphatic heterocycles. The Morgan fingerprint density at radius 3 is 2.47 bits per heavy atom. The predicted molar refractivity (Wildman–Crippen MR) is 68.2 cm³/mol. The molecule has 0 saturated heterocycles. The summed E-state index contributed by atoms with van der Waals surface area (Å²) in [6, 6.07) is 0. The van der Waals surface area contributed by atoms with E-state index < -0.39 is 9.84 Å². The number of unbranched alkanes of at least 4 members (excludes halogenated alkanes) is 2. The molecule has 0 radical (unpaired) electrons. The molecule has 0 aromatic heterocycles. The Balaban J connectivity index is 1.97. The molecule has 2 nitrogen and oxygen atoms in total. The summed E-state index contributed by atoms with van der Waals surface area (Å²) in [6.45, 7) is 1.72. The summed E-state index contributed by atoms with van der Waals surface area (Å²) in [5.41, 5.74) is 0. The molecule has 1 atom stereocenters. The van der Waals surface area contributed by atoms with Gasteiger partial charge in [0, 0.05) is 10.6 Å². The van der Waals surface area contributed by atoms with Gasteiger partial charge in [0.1, 0.15) is 9.84 Å². The van der Waals surface area contributed by atoms with Crippen molar-refractivity contribution in [2.75, 3.05) is 11.5 Å². The van der Waals surface area contributed by atoms with Crippen LogP contribution in [0.1, 0.15) is 45.4 Å². The largest absolute Gasteiger partial charge is 0.229 e. The maximum Gasteiger partial charge on any atom is 0.150 e. The van der Waals surface area contributed by atoms with E-state index in [1.165, 1.54) is 19.3 Å². The summed E-state index contributed by atoms with van der Waals surface area (Å²) < 4.78 is 22.4. The average molecular weight is 297 g/mol. The Kier molecular flexibility index (Phi) is 5.61. The molecule has 1 aliphatic carbocycles. The highest BCUT2D eigenvalue weighted by molar-refractivity contribution is 9.09. The summed E-state index contributed by atoms with van der Waals surface area (Å²) in [6.07, 6.45) is 7.00. The lowest BCUT2D eigenvalue weighted by molar-refractivity contribution is 0.583. The number of hydrogen-bond acceptors (Lipinski definition) is 2. The van der Waals surface area contributed by atoms with Gasteiger partial charge in [-0.1, -0.05) is 35.7 Å². The highest BCUT2D eigenvalue weighted by Crippen LogP contribution is 2.38. The van der Waals surface area contributed by atoms with E-state index in [9.17, 15) is 8.42 Å². The van der Waals surface area contributed by atoms with E-state index in [0.29, 0.717) is 10.6 Å². The molecule has 0 aromatic rings. The minimum absolute atomic E-state index is 0.288. The summed E-state index contributed by atoms with van der Waals surface area (Å²) in [5.74, 6) is 1.57. The molecule has 0 amide bonds. The molecule has 1 fully saturated rings. The zero-order valence-electron chi connectivity index (χ0n) is 9.41. The van der Waals surface area contributed by atoms with Crippen molar-refractivity contribution >= 4 is 25.8 Å². The normalized spacial score (nSPS) is 19.1. The molecule has 0 spiro atoms. The molecule has 0 heterocycles. The molecule has 0 aromatic carbocycles. The smallest absolute Gasteiger partial charge is 0.150 e. The lowest BCUT2D eigenvalue weighted by atomic mass is 10.1.